The van der Waals surface area contributed by atoms with Crippen molar-refractivity contribution in [1.29, 1.82) is 0 Å². The van der Waals surface area contributed by atoms with Crippen molar-refractivity contribution in [2.75, 3.05) is 13.2 Å². The van der Waals surface area contributed by atoms with E-state index < -0.39 is 6.04 Å². The first-order valence-corrected chi connectivity index (χ1v) is 6.93. The van der Waals surface area contributed by atoms with E-state index in [0.717, 1.165) is 12.0 Å². The largest absolute Gasteiger partial charge is 0.508 e. The molecule has 112 valence electrons. The second-order valence-electron chi connectivity index (χ2n) is 5.25. The number of nitrogens with zero attached hydrogens (tertiary/aromatic N) is 2. The van der Waals surface area contributed by atoms with E-state index in [1.807, 2.05) is 12.1 Å². The molecule has 0 saturated carbocycles. The summed E-state index contributed by atoms with van der Waals surface area (Å²) in [5.74, 6) is 0.760. The molecular weight excluding hydrogens is 272 g/mol. The molecule has 0 bridgehead atoms. The number of phenolic OH excluding ortho intramolecular Hbond substituents is 1. The Morgan fingerprint density at radius 3 is 2.90 bits per heavy atom. The number of H-pyrrole nitrogens is 1. The summed E-state index contributed by atoms with van der Waals surface area (Å²) in [5, 5.41) is 15.8. The maximum Gasteiger partial charge on any atom is 0.343 e. The fourth-order valence-electron chi connectivity index (χ4n) is 2.63. The first kappa shape index (κ1) is 13.8. The van der Waals surface area contributed by atoms with Gasteiger partial charge in [-0.2, -0.15) is 5.10 Å². The van der Waals surface area contributed by atoms with Gasteiger partial charge in [-0.25, -0.2) is 9.89 Å². The van der Waals surface area contributed by atoms with Crippen molar-refractivity contribution in [3.05, 3.63) is 46.1 Å². The highest BCUT2D eigenvalue weighted by Crippen LogP contribution is 2.22. The first-order chi connectivity index (χ1) is 10.1. The molecule has 1 aromatic heterocycles. The zero-order chi connectivity index (χ0) is 14.8. The molecule has 7 heteroatoms. The molecule has 0 amide bonds. The van der Waals surface area contributed by atoms with Gasteiger partial charge in [0, 0.05) is 6.61 Å². The quantitative estimate of drug-likeness (QED) is 0.759. The normalized spacial score (nSPS) is 19.8. The number of rotatable bonds is 4. The Morgan fingerprint density at radius 2 is 2.24 bits per heavy atom. The number of ether oxygens (including phenoxy) is 1. The van der Waals surface area contributed by atoms with Crippen molar-refractivity contribution >= 4 is 0 Å². The molecule has 1 fully saturated rings. The molecule has 1 aliphatic rings. The topological polar surface area (TPSA) is 106 Å². The van der Waals surface area contributed by atoms with Crippen molar-refractivity contribution in [2.24, 2.45) is 5.73 Å². The molecule has 1 aliphatic heterocycles. The van der Waals surface area contributed by atoms with Gasteiger partial charge in [0.1, 0.15) is 5.75 Å². The second kappa shape index (κ2) is 5.71. The predicted molar refractivity (Wildman–Crippen MR) is 76.1 cm³/mol. The minimum Gasteiger partial charge on any atom is -0.508 e. The van der Waals surface area contributed by atoms with Crippen LogP contribution in [-0.4, -0.2) is 33.1 Å². The third kappa shape index (κ3) is 2.84. The molecule has 1 saturated heterocycles. The summed E-state index contributed by atoms with van der Waals surface area (Å²) in [6.07, 6.45) is 1.33. The molecule has 0 radical (unpaired) electrons. The van der Waals surface area contributed by atoms with Crippen LogP contribution in [0.3, 0.4) is 0 Å². The van der Waals surface area contributed by atoms with E-state index in [0.29, 0.717) is 25.5 Å². The lowest BCUT2D eigenvalue weighted by atomic mass is 10.1. The summed E-state index contributed by atoms with van der Waals surface area (Å²) < 4.78 is 6.94. The lowest BCUT2D eigenvalue weighted by molar-refractivity contribution is 0.185. The molecule has 0 spiro atoms. The number of aromatic nitrogens is 3. The predicted octanol–water partition coefficient (Wildman–Crippen LogP) is 0.481. The Labute approximate surface area is 121 Å². The number of aromatic amines is 1. The van der Waals surface area contributed by atoms with Gasteiger partial charge in [-0.1, -0.05) is 12.1 Å². The average molecular weight is 290 g/mol. The van der Waals surface area contributed by atoms with E-state index in [-0.39, 0.29) is 17.5 Å². The lowest BCUT2D eigenvalue weighted by Gasteiger charge is -2.16. The van der Waals surface area contributed by atoms with Crippen LogP contribution in [0.4, 0.5) is 0 Å². The fraction of sp³-hybridized carbons (Fsp3) is 0.429. The van der Waals surface area contributed by atoms with E-state index in [9.17, 15) is 9.90 Å². The summed E-state index contributed by atoms with van der Waals surface area (Å²) in [5.41, 5.74) is 6.93. The van der Waals surface area contributed by atoms with Gasteiger partial charge >= 0.3 is 5.69 Å². The van der Waals surface area contributed by atoms with Crippen LogP contribution in [-0.2, 0) is 11.2 Å². The maximum absolute atomic E-state index is 11.9. The number of nitrogens with one attached hydrogen (secondary N) is 1. The average Bonchev–Trinajstić information content (AvgIpc) is 3.10. The summed E-state index contributed by atoms with van der Waals surface area (Å²) in [4.78, 5) is 11.9. The molecule has 1 aromatic carbocycles. The minimum absolute atomic E-state index is 0.00267. The van der Waals surface area contributed by atoms with Gasteiger partial charge in [-0.15, -0.1) is 0 Å². The summed E-state index contributed by atoms with van der Waals surface area (Å²) in [6, 6.07) is 6.45. The van der Waals surface area contributed by atoms with Crippen molar-refractivity contribution in [3.8, 4) is 5.75 Å². The minimum atomic E-state index is -0.394. The Kier molecular flexibility index (Phi) is 3.76. The zero-order valence-electron chi connectivity index (χ0n) is 11.5. The second-order valence-corrected chi connectivity index (χ2v) is 5.25. The summed E-state index contributed by atoms with van der Waals surface area (Å²) in [7, 11) is 0. The number of aromatic hydroxyl groups is 1. The number of benzene rings is 1. The van der Waals surface area contributed by atoms with Crippen LogP contribution in [0.15, 0.2) is 29.1 Å². The third-order valence-electron chi connectivity index (χ3n) is 3.73. The molecule has 21 heavy (non-hydrogen) atoms. The third-order valence-corrected chi connectivity index (χ3v) is 3.73. The molecule has 2 atom stereocenters. The maximum atomic E-state index is 11.9. The molecule has 4 N–H and O–H groups in total. The highest BCUT2D eigenvalue weighted by molar-refractivity contribution is 5.26. The van der Waals surface area contributed by atoms with Crippen LogP contribution < -0.4 is 11.4 Å². The summed E-state index contributed by atoms with van der Waals surface area (Å²) >= 11 is 0. The molecule has 1 unspecified atom stereocenters. The van der Waals surface area contributed by atoms with E-state index >= 15 is 0 Å². The van der Waals surface area contributed by atoms with Crippen LogP contribution in [0.5, 0.6) is 5.75 Å². The fourth-order valence-corrected chi connectivity index (χ4v) is 2.63. The van der Waals surface area contributed by atoms with E-state index in [2.05, 4.69) is 10.2 Å². The summed E-state index contributed by atoms with van der Waals surface area (Å²) in [6.45, 7) is 1.16. The van der Waals surface area contributed by atoms with Crippen LogP contribution in [0.25, 0.3) is 0 Å². The Morgan fingerprint density at radius 1 is 1.48 bits per heavy atom. The zero-order valence-corrected chi connectivity index (χ0v) is 11.5. The molecule has 2 aromatic rings. The van der Waals surface area contributed by atoms with Crippen LogP contribution in [0.1, 0.15) is 29.9 Å². The van der Waals surface area contributed by atoms with Crippen LogP contribution in [0.2, 0.25) is 0 Å². The van der Waals surface area contributed by atoms with Crippen molar-refractivity contribution in [2.45, 2.75) is 24.9 Å². The Hall–Kier alpha value is -2.12. The highest BCUT2D eigenvalue weighted by Gasteiger charge is 2.25. The SMILES string of the molecule is N[C@@H](Cc1ccc(O)cc1)c1n[nH]c(=O)n1C1CCOC1. The number of hydrogen-bond acceptors (Lipinski definition) is 5. The smallest absolute Gasteiger partial charge is 0.343 e. The number of nitrogens with two attached hydrogens (primary N) is 1. The van der Waals surface area contributed by atoms with Crippen LogP contribution >= 0.6 is 0 Å². The van der Waals surface area contributed by atoms with Crippen molar-refractivity contribution in [1.82, 2.24) is 14.8 Å². The molecule has 7 nitrogen and oxygen atoms in total. The molecule has 3 rings (SSSR count). The van der Waals surface area contributed by atoms with E-state index in [4.69, 9.17) is 10.5 Å². The Bertz CT molecular complexity index is 656. The number of hydrogen-bond donors (Lipinski definition) is 3. The van der Waals surface area contributed by atoms with E-state index in [1.54, 1.807) is 16.7 Å². The van der Waals surface area contributed by atoms with Crippen molar-refractivity contribution < 1.29 is 9.84 Å². The lowest BCUT2D eigenvalue weighted by Crippen LogP contribution is -2.28. The van der Waals surface area contributed by atoms with Gasteiger partial charge in [0.15, 0.2) is 5.82 Å². The molecular formula is C14H18N4O3. The van der Waals surface area contributed by atoms with Crippen LogP contribution in [0, 0.1) is 0 Å². The molecule has 0 aliphatic carbocycles. The van der Waals surface area contributed by atoms with Crippen molar-refractivity contribution in [3.63, 3.8) is 0 Å². The monoisotopic (exact) mass is 290 g/mol. The van der Waals surface area contributed by atoms with Gasteiger partial charge in [0.05, 0.1) is 18.7 Å². The van der Waals surface area contributed by atoms with Gasteiger partial charge in [0.2, 0.25) is 0 Å². The van der Waals surface area contributed by atoms with Gasteiger partial charge in [0.25, 0.3) is 0 Å². The van der Waals surface area contributed by atoms with Gasteiger partial charge in [-0.3, -0.25) is 4.57 Å². The highest BCUT2D eigenvalue weighted by atomic mass is 16.5. The van der Waals surface area contributed by atoms with Gasteiger partial charge in [-0.05, 0) is 30.5 Å². The van der Waals surface area contributed by atoms with Gasteiger partial charge < -0.3 is 15.6 Å². The first-order valence-electron chi connectivity index (χ1n) is 6.93. The van der Waals surface area contributed by atoms with E-state index in [1.165, 1.54) is 0 Å². The molecule has 2 heterocycles. The number of phenols is 1. The standard InChI is InChI=1S/C14H18N4O3/c15-12(7-9-1-3-11(19)4-2-9)13-16-17-14(20)18(13)10-5-6-21-8-10/h1-4,10,12,19H,5-8,15H2,(H,17,20)/t10?,12-/m0/s1. The Balaban J connectivity index is 1.82.